The molecule has 0 aromatic heterocycles. The highest BCUT2D eigenvalue weighted by Gasteiger charge is 2.18. The fourth-order valence-electron chi connectivity index (χ4n) is 1.66. The van der Waals surface area contributed by atoms with E-state index in [9.17, 15) is 9.59 Å². The maximum absolute atomic E-state index is 11.8. The van der Waals surface area contributed by atoms with Gasteiger partial charge in [0.25, 0.3) is 5.91 Å². The number of Topliss-reactive ketones (excluding diaryl/α,β-unsaturated/α-hetero) is 1. The molecule has 5 heteroatoms. The molecule has 0 saturated carbocycles. The Morgan fingerprint density at radius 1 is 1.20 bits per heavy atom. The molecule has 1 N–H and O–H groups in total. The van der Waals surface area contributed by atoms with E-state index >= 15 is 0 Å². The lowest BCUT2D eigenvalue weighted by atomic mass is 10.1. The number of amides is 1. The van der Waals surface area contributed by atoms with E-state index in [4.69, 9.17) is 9.47 Å². The fraction of sp³-hybridized carbons (Fsp3) is 0.467. The molecule has 20 heavy (non-hydrogen) atoms. The van der Waals surface area contributed by atoms with Crippen molar-refractivity contribution in [3.05, 3.63) is 23.8 Å². The first-order valence-corrected chi connectivity index (χ1v) is 6.51. The summed E-state index contributed by atoms with van der Waals surface area (Å²) in [6.07, 6.45) is -0.692. The lowest BCUT2D eigenvalue weighted by Gasteiger charge is -2.18. The molecule has 0 spiro atoms. The van der Waals surface area contributed by atoms with E-state index in [1.807, 2.05) is 13.8 Å². The maximum Gasteiger partial charge on any atom is 0.260 e. The summed E-state index contributed by atoms with van der Waals surface area (Å²) in [5, 5.41) is 2.76. The molecule has 0 bridgehead atoms. The van der Waals surface area contributed by atoms with E-state index in [-0.39, 0.29) is 17.7 Å². The number of ether oxygens (including phenoxy) is 2. The van der Waals surface area contributed by atoms with Crippen molar-refractivity contribution in [3.63, 3.8) is 0 Å². The van der Waals surface area contributed by atoms with Gasteiger partial charge in [0.15, 0.2) is 11.9 Å². The van der Waals surface area contributed by atoms with E-state index in [0.717, 1.165) is 0 Å². The number of ketones is 1. The van der Waals surface area contributed by atoms with Gasteiger partial charge in [-0.15, -0.1) is 0 Å². The van der Waals surface area contributed by atoms with Crippen LogP contribution in [0.3, 0.4) is 0 Å². The molecule has 0 fully saturated rings. The van der Waals surface area contributed by atoms with Crippen LogP contribution in [0.5, 0.6) is 11.5 Å². The Hall–Kier alpha value is -2.04. The molecular weight excluding hydrogens is 258 g/mol. The van der Waals surface area contributed by atoms with E-state index in [1.165, 1.54) is 14.0 Å². The largest absolute Gasteiger partial charge is 0.497 e. The summed E-state index contributed by atoms with van der Waals surface area (Å²) >= 11 is 0. The van der Waals surface area contributed by atoms with Crippen molar-refractivity contribution in [2.45, 2.75) is 39.8 Å². The first-order valence-electron chi connectivity index (χ1n) is 6.51. The molecule has 0 aliphatic carbocycles. The Bertz CT molecular complexity index is 497. The van der Waals surface area contributed by atoms with Crippen LogP contribution in [0.1, 0.15) is 38.1 Å². The van der Waals surface area contributed by atoms with Gasteiger partial charge in [-0.3, -0.25) is 9.59 Å². The average molecular weight is 279 g/mol. The van der Waals surface area contributed by atoms with Crippen LogP contribution >= 0.6 is 0 Å². The molecule has 1 rings (SSSR count). The van der Waals surface area contributed by atoms with Crippen LogP contribution in [0, 0.1) is 0 Å². The second-order valence-electron chi connectivity index (χ2n) is 4.84. The number of rotatable bonds is 6. The van der Waals surface area contributed by atoms with Crippen molar-refractivity contribution in [2.75, 3.05) is 7.11 Å². The van der Waals surface area contributed by atoms with E-state index in [1.54, 1.807) is 25.1 Å². The van der Waals surface area contributed by atoms with Crippen molar-refractivity contribution in [3.8, 4) is 11.5 Å². The predicted octanol–water partition coefficient (Wildman–Crippen LogP) is 2.19. The summed E-state index contributed by atoms with van der Waals surface area (Å²) < 4.78 is 10.7. The van der Waals surface area contributed by atoms with E-state index in [0.29, 0.717) is 17.1 Å². The van der Waals surface area contributed by atoms with Gasteiger partial charge < -0.3 is 14.8 Å². The van der Waals surface area contributed by atoms with E-state index in [2.05, 4.69) is 5.32 Å². The number of carbonyl (C=O) groups is 2. The van der Waals surface area contributed by atoms with Gasteiger partial charge in [-0.1, -0.05) is 0 Å². The third kappa shape index (κ3) is 4.26. The Morgan fingerprint density at radius 2 is 1.85 bits per heavy atom. The van der Waals surface area contributed by atoms with Gasteiger partial charge >= 0.3 is 0 Å². The van der Waals surface area contributed by atoms with Gasteiger partial charge in [0.2, 0.25) is 0 Å². The number of methoxy groups -OCH3 is 1. The minimum atomic E-state index is -0.692. The smallest absolute Gasteiger partial charge is 0.260 e. The van der Waals surface area contributed by atoms with Gasteiger partial charge in [-0.05, 0) is 39.8 Å². The minimum absolute atomic E-state index is 0.0335. The zero-order valence-corrected chi connectivity index (χ0v) is 12.5. The summed E-state index contributed by atoms with van der Waals surface area (Å²) in [5.41, 5.74) is 0.426. The van der Waals surface area contributed by atoms with Crippen LogP contribution < -0.4 is 14.8 Å². The van der Waals surface area contributed by atoms with Crippen molar-refractivity contribution in [1.29, 1.82) is 0 Å². The molecule has 0 saturated heterocycles. The number of hydrogen-bond acceptors (Lipinski definition) is 4. The Balaban J connectivity index is 2.94. The minimum Gasteiger partial charge on any atom is -0.497 e. The normalized spacial score (nSPS) is 11.9. The molecule has 1 unspecified atom stereocenters. The lowest BCUT2D eigenvalue weighted by molar-refractivity contribution is -0.127. The maximum atomic E-state index is 11.8. The number of hydrogen-bond donors (Lipinski definition) is 1. The number of nitrogens with one attached hydrogen (secondary N) is 1. The first-order chi connectivity index (χ1) is 9.35. The summed E-state index contributed by atoms with van der Waals surface area (Å²) in [7, 11) is 1.53. The van der Waals surface area contributed by atoms with Gasteiger partial charge in [-0.2, -0.15) is 0 Å². The fourth-order valence-corrected chi connectivity index (χ4v) is 1.66. The zero-order chi connectivity index (χ0) is 15.3. The number of benzene rings is 1. The van der Waals surface area contributed by atoms with Crippen molar-refractivity contribution in [2.24, 2.45) is 0 Å². The highest BCUT2D eigenvalue weighted by atomic mass is 16.5. The second-order valence-corrected chi connectivity index (χ2v) is 4.84. The molecule has 1 atom stereocenters. The Morgan fingerprint density at radius 3 is 2.35 bits per heavy atom. The van der Waals surface area contributed by atoms with Gasteiger partial charge in [0, 0.05) is 12.1 Å². The molecule has 0 aliphatic rings. The topological polar surface area (TPSA) is 64.6 Å². The standard InChI is InChI=1S/C15H21NO4/c1-9(2)16-15(18)11(4)20-14-8-12(19-5)6-7-13(14)10(3)17/h6-9,11H,1-5H3,(H,16,18). The van der Waals surface area contributed by atoms with Gasteiger partial charge in [-0.25, -0.2) is 0 Å². The molecule has 1 amide bonds. The third-order valence-electron chi connectivity index (χ3n) is 2.67. The summed E-state index contributed by atoms with van der Waals surface area (Å²) in [4.78, 5) is 23.4. The van der Waals surface area contributed by atoms with Crippen molar-refractivity contribution >= 4 is 11.7 Å². The Kier molecular flexibility index (Phi) is 5.55. The molecule has 0 heterocycles. The lowest BCUT2D eigenvalue weighted by Crippen LogP contribution is -2.40. The molecule has 1 aromatic rings. The van der Waals surface area contributed by atoms with Crippen LogP contribution in [-0.2, 0) is 4.79 Å². The van der Waals surface area contributed by atoms with Gasteiger partial charge in [0.05, 0.1) is 12.7 Å². The highest BCUT2D eigenvalue weighted by molar-refractivity contribution is 5.97. The SMILES string of the molecule is COc1ccc(C(C)=O)c(OC(C)C(=O)NC(C)C)c1. The summed E-state index contributed by atoms with van der Waals surface area (Å²) in [6.45, 7) is 6.84. The quantitative estimate of drug-likeness (QED) is 0.811. The average Bonchev–Trinajstić information content (AvgIpc) is 2.37. The third-order valence-corrected chi connectivity index (χ3v) is 2.67. The monoisotopic (exact) mass is 279 g/mol. The second kappa shape index (κ2) is 6.93. The summed E-state index contributed by atoms with van der Waals surface area (Å²) in [6, 6.07) is 4.95. The van der Waals surface area contributed by atoms with Crippen LogP contribution in [0.4, 0.5) is 0 Å². The molecule has 1 aromatic carbocycles. The van der Waals surface area contributed by atoms with Crippen molar-refractivity contribution in [1.82, 2.24) is 5.32 Å². The predicted molar refractivity (Wildman–Crippen MR) is 76.4 cm³/mol. The molecule has 110 valence electrons. The van der Waals surface area contributed by atoms with Gasteiger partial charge in [0.1, 0.15) is 11.5 Å². The molecule has 0 aliphatic heterocycles. The Labute approximate surface area is 119 Å². The zero-order valence-electron chi connectivity index (χ0n) is 12.5. The summed E-state index contributed by atoms with van der Waals surface area (Å²) in [5.74, 6) is 0.571. The van der Waals surface area contributed by atoms with Crippen LogP contribution in [-0.4, -0.2) is 30.9 Å². The van der Waals surface area contributed by atoms with Crippen LogP contribution in [0.25, 0.3) is 0 Å². The van der Waals surface area contributed by atoms with Crippen LogP contribution in [0.15, 0.2) is 18.2 Å². The molecular formula is C15H21NO4. The number of carbonyl (C=O) groups excluding carboxylic acids is 2. The van der Waals surface area contributed by atoms with Crippen molar-refractivity contribution < 1.29 is 19.1 Å². The van der Waals surface area contributed by atoms with Crippen LogP contribution in [0.2, 0.25) is 0 Å². The molecule has 5 nitrogen and oxygen atoms in total. The first kappa shape index (κ1) is 16.0. The van der Waals surface area contributed by atoms with E-state index < -0.39 is 6.10 Å². The molecule has 0 radical (unpaired) electrons. The highest BCUT2D eigenvalue weighted by Crippen LogP contribution is 2.26.